The predicted octanol–water partition coefficient (Wildman–Crippen LogP) is 6.98. The second-order valence-corrected chi connectivity index (χ2v) is 6.67. The van der Waals surface area contributed by atoms with Gasteiger partial charge in [-0.05, 0) is 42.5 Å². The van der Waals surface area contributed by atoms with Crippen molar-refractivity contribution in [2.24, 2.45) is 0 Å². The first-order valence-corrected chi connectivity index (χ1v) is 9.16. The fourth-order valence-electron chi connectivity index (χ4n) is 3.49. The number of halogens is 3. The van der Waals surface area contributed by atoms with E-state index in [9.17, 15) is 13.2 Å². The second kappa shape index (κ2) is 8.13. The zero-order valence-corrected chi connectivity index (χ0v) is 15.5. The summed E-state index contributed by atoms with van der Waals surface area (Å²) >= 11 is 0. The van der Waals surface area contributed by atoms with Crippen LogP contribution in [0.2, 0.25) is 0 Å². The van der Waals surface area contributed by atoms with Gasteiger partial charge in [0.1, 0.15) is 0 Å². The summed E-state index contributed by atoms with van der Waals surface area (Å²) in [5, 5.41) is 0. The monoisotopic (exact) mass is 372 g/mol. The molecule has 4 heteroatoms. The molecular formula is C23H23F3O. The van der Waals surface area contributed by atoms with Gasteiger partial charge in [-0.2, -0.15) is 13.2 Å². The van der Waals surface area contributed by atoms with E-state index in [1.165, 1.54) is 12.2 Å². The molecule has 2 atom stereocenters. The minimum Gasteiger partial charge on any atom is -0.374 e. The highest BCUT2D eigenvalue weighted by Crippen LogP contribution is 2.37. The van der Waals surface area contributed by atoms with Crippen LogP contribution in [0, 0.1) is 0 Å². The van der Waals surface area contributed by atoms with E-state index in [2.05, 4.69) is 0 Å². The van der Waals surface area contributed by atoms with Crippen molar-refractivity contribution in [2.75, 3.05) is 6.61 Å². The maximum absolute atomic E-state index is 13.1. The maximum Gasteiger partial charge on any atom is 0.416 e. The third-order valence-corrected chi connectivity index (χ3v) is 4.84. The molecule has 2 aromatic carbocycles. The molecule has 0 radical (unpaired) electrons. The highest BCUT2D eigenvalue weighted by molar-refractivity contribution is 5.68. The van der Waals surface area contributed by atoms with E-state index in [-0.39, 0.29) is 12.0 Å². The Bertz CT molecular complexity index is 849. The minimum absolute atomic E-state index is 0.0517. The molecule has 0 aromatic heterocycles. The molecule has 3 rings (SSSR count). The maximum atomic E-state index is 13.1. The van der Waals surface area contributed by atoms with Crippen molar-refractivity contribution in [3.8, 4) is 11.1 Å². The van der Waals surface area contributed by atoms with Crippen molar-refractivity contribution in [1.82, 2.24) is 0 Å². The van der Waals surface area contributed by atoms with Crippen molar-refractivity contribution in [1.29, 1.82) is 0 Å². The molecule has 0 bridgehead atoms. The Balaban J connectivity index is 1.96. The molecule has 0 N–H and O–H groups in total. The lowest BCUT2D eigenvalue weighted by atomic mass is 9.87. The van der Waals surface area contributed by atoms with E-state index >= 15 is 0 Å². The molecule has 1 nitrogen and oxygen atoms in total. The van der Waals surface area contributed by atoms with E-state index in [4.69, 9.17) is 4.74 Å². The lowest BCUT2D eigenvalue weighted by molar-refractivity contribution is -0.0887. The smallest absolute Gasteiger partial charge is 0.374 e. The van der Waals surface area contributed by atoms with Gasteiger partial charge >= 0.3 is 6.18 Å². The van der Waals surface area contributed by atoms with Gasteiger partial charge in [0.2, 0.25) is 0 Å². The van der Waals surface area contributed by atoms with E-state index in [1.807, 2.05) is 62.4 Å². The van der Waals surface area contributed by atoms with Crippen LogP contribution in [0.1, 0.15) is 43.4 Å². The van der Waals surface area contributed by atoms with Crippen LogP contribution in [-0.4, -0.2) is 12.8 Å². The van der Waals surface area contributed by atoms with E-state index < -0.39 is 11.7 Å². The molecule has 0 saturated carbocycles. The fourth-order valence-corrected chi connectivity index (χ4v) is 3.49. The Morgan fingerprint density at radius 1 is 1.11 bits per heavy atom. The highest BCUT2D eigenvalue weighted by atomic mass is 19.4. The molecule has 0 fully saturated rings. The van der Waals surface area contributed by atoms with Crippen LogP contribution < -0.4 is 0 Å². The van der Waals surface area contributed by atoms with Crippen LogP contribution in [0.15, 0.2) is 72.3 Å². The Kier molecular flexibility index (Phi) is 5.85. The zero-order chi connectivity index (χ0) is 19.4. The van der Waals surface area contributed by atoms with Gasteiger partial charge in [0.25, 0.3) is 0 Å². The van der Waals surface area contributed by atoms with Gasteiger partial charge < -0.3 is 4.74 Å². The number of rotatable bonds is 5. The minimum atomic E-state index is -4.31. The molecule has 142 valence electrons. The molecule has 2 unspecified atom stereocenters. The van der Waals surface area contributed by atoms with E-state index in [0.29, 0.717) is 13.0 Å². The molecular weight excluding hydrogens is 349 g/mol. The van der Waals surface area contributed by atoms with Crippen molar-refractivity contribution in [3.05, 3.63) is 83.5 Å². The molecule has 1 aliphatic rings. The molecule has 27 heavy (non-hydrogen) atoms. The number of allylic oxidation sites excluding steroid dienone is 4. The normalized spacial score (nSPS) is 18.3. The van der Waals surface area contributed by atoms with Crippen molar-refractivity contribution in [2.45, 2.75) is 38.5 Å². The van der Waals surface area contributed by atoms with E-state index in [0.717, 1.165) is 22.3 Å². The lowest BCUT2D eigenvalue weighted by Crippen LogP contribution is -2.13. The summed E-state index contributed by atoms with van der Waals surface area (Å²) < 4.78 is 44.9. The summed E-state index contributed by atoms with van der Waals surface area (Å²) in [6, 6.07) is 15.8. The number of hydrogen-bond acceptors (Lipinski definition) is 1. The first-order chi connectivity index (χ1) is 12.9. The van der Waals surface area contributed by atoms with Gasteiger partial charge in [-0.3, -0.25) is 0 Å². The molecule has 0 heterocycles. The summed E-state index contributed by atoms with van der Waals surface area (Å²) in [7, 11) is 0. The van der Waals surface area contributed by atoms with Crippen LogP contribution >= 0.6 is 0 Å². The summed E-state index contributed by atoms with van der Waals surface area (Å²) in [5.41, 5.74) is 3.43. The van der Waals surface area contributed by atoms with Gasteiger partial charge in [0.15, 0.2) is 0 Å². The Morgan fingerprint density at radius 2 is 1.89 bits per heavy atom. The van der Waals surface area contributed by atoms with Gasteiger partial charge in [0, 0.05) is 12.5 Å². The van der Waals surface area contributed by atoms with Crippen LogP contribution in [0.25, 0.3) is 11.1 Å². The lowest BCUT2D eigenvalue weighted by Gasteiger charge is -2.20. The van der Waals surface area contributed by atoms with Gasteiger partial charge in [-0.1, -0.05) is 66.8 Å². The third-order valence-electron chi connectivity index (χ3n) is 4.84. The largest absolute Gasteiger partial charge is 0.416 e. The summed E-state index contributed by atoms with van der Waals surface area (Å²) in [4.78, 5) is 0. The first kappa shape index (κ1) is 19.4. The fraction of sp³-hybridized carbons (Fsp3) is 0.304. The quantitative estimate of drug-likeness (QED) is 0.550. The van der Waals surface area contributed by atoms with Crippen LogP contribution in [0.4, 0.5) is 13.2 Å². The van der Waals surface area contributed by atoms with Crippen molar-refractivity contribution in [3.63, 3.8) is 0 Å². The molecule has 0 spiro atoms. The number of alkyl halides is 3. The third kappa shape index (κ3) is 4.51. The summed E-state index contributed by atoms with van der Waals surface area (Å²) in [6.07, 6.45) is 0.300. The van der Waals surface area contributed by atoms with Crippen molar-refractivity contribution >= 4 is 0 Å². The zero-order valence-electron chi connectivity index (χ0n) is 15.5. The predicted molar refractivity (Wildman–Crippen MR) is 103 cm³/mol. The standard InChI is InChI=1S/C23H23F3O/c1-3-27-16(2)21-12-4-5-13-22(21)19-10-6-8-17(14-19)18-9-7-11-20(15-18)23(24,25)26/h4-8,10-16,18H,3,9H2,1-2H3. The SMILES string of the molecule is CCOC(C)c1ccccc1-c1cccc(C2C=C(C(F)(F)F)C=CC2)c1. The van der Waals surface area contributed by atoms with Crippen molar-refractivity contribution < 1.29 is 17.9 Å². The number of ether oxygens (including phenoxy) is 1. The van der Waals surface area contributed by atoms with Crippen LogP contribution in [0.5, 0.6) is 0 Å². The molecule has 0 saturated heterocycles. The van der Waals surface area contributed by atoms with Gasteiger partial charge in [0.05, 0.1) is 11.7 Å². The Labute approximate surface area is 158 Å². The molecule has 2 aromatic rings. The van der Waals surface area contributed by atoms with E-state index in [1.54, 1.807) is 6.08 Å². The molecule has 0 amide bonds. The average molecular weight is 372 g/mol. The topological polar surface area (TPSA) is 9.23 Å². The van der Waals surface area contributed by atoms with Crippen LogP contribution in [-0.2, 0) is 4.74 Å². The summed E-state index contributed by atoms with van der Waals surface area (Å²) in [5.74, 6) is -0.275. The van der Waals surface area contributed by atoms with Gasteiger partial charge in [-0.15, -0.1) is 0 Å². The Hall–Kier alpha value is -2.33. The molecule has 0 aliphatic heterocycles. The van der Waals surface area contributed by atoms with Gasteiger partial charge in [-0.25, -0.2) is 0 Å². The summed E-state index contributed by atoms with van der Waals surface area (Å²) in [6.45, 7) is 4.59. The number of hydrogen-bond donors (Lipinski definition) is 0. The molecule has 1 aliphatic carbocycles. The average Bonchev–Trinajstić information content (AvgIpc) is 2.68. The Morgan fingerprint density at radius 3 is 2.63 bits per heavy atom. The number of benzene rings is 2. The highest BCUT2D eigenvalue weighted by Gasteiger charge is 2.33. The first-order valence-electron chi connectivity index (χ1n) is 9.16. The second-order valence-electron chi connectivity index (χ2n) is 6.67. The van der Waals surface area contributed by atoms with Crippen LogP contribution in [0.3, 0.4) is 0 Å².